The Labute approximate surface area is 131 Å². The third kappa shape index (κ3) is 2.92. The van der Waals surface area contributed by atoms with Crippen LogP contribution in [0.5, 0.6) is 0 Å². The number of nitriles is 1. The molecule has 3 aromatic rings. The van der Waals surface area contributed by atoms with Crippen LogP contribution in [0.15, 0.2) is 48.8 Å². The van der Waals surface area contributed by atoms with Crippen molar-refractivity contribution in [3.8, 4) is 28.6 Å². The molecular weight excluding hydrogens is 296 g/mol. The predicted molar refractivity (Wildman–Crippen MR) is 82.3 cm³/mol. The highest BCUT2D eigenvalue weighted by Gasteiger charge is 2.09. The number of aromatic nitrogens is 2. The van der Waals surface area contributed by atoms with Crippen molar-refractivity contribution in [3.63, 3.8) is 0 Å². The van der Waals surface area contributed by atoms with Crippen molar-refractivity contribution in [1.29, 1.82) is 5.26 Å². The fraction of sp³-hybridized carbons (Fsp3) is 0.0556. The second-order valence-corrected chi connectivity index (χ2v) is 5.09. The Morgan fingerprint density at radius 1 is 0.913 bits per heavy atom. The summed E-state index contributed by atoms with van der Waals surface area (Å²) in [4.78, 5) is 8.32. The van der Waals surface area contributed by atoms with E-state index in [1.165, 1.54) is 30.6 Å². The zero-order valence-corrected chi connectivity index (χ0v) is 12.2. The van der Waals surface area contributed by atoms with Crippen LogP contribution in [-0.4, -0.2) is 9.97 Å². The van der Waals surface area contributed by atoms with Crippen LogP contribution in [0.1, 0.15) is 11.1 Å². The lowest BCUT2D eigenvalue weighted by atomic mass is 10.1. The number of nitrogens with zero attached hydrogens (tertiary/aromatic N) is 3. The fourth-order valence-corrected chi connectivity index (χ4v) is 2.22. The van der Waals surface area contributed by atoms with E-state index in [1.807, 2.05) is 13.0 Å². The molecule has 0 amide bonds. The van der Waals surface area contributed by atoms with Gasteiger partial charge in [-0.2, -0.15) is 5.26 Å². The first kappa shape index (κ1) is 14.8. The van der Waals surface area contributed by atoms with Gasteiger partial charge in [-0.05, 0) is 36.8 Å². The molecule has 2 aromatic carbocycles. The number of hydrogen-bond acceptors (Lipinski definition) is 3. The Hall–Kier alpha value is -3.13. The Balaban J connectivity index is 1.96. The van der Waals surface area contributed by atoms with E-state index in [4.69, 9.17) is 5.26 Å². The van der Waals surface area contributed by atoms with Crippen molar-refractivity contribution in [2.45, 2.75) is 6.92 Å². The minimum Gasteiger partial charge on any atom is -0.236 e. The summed E-state index contributed by atoms with van der Waals surface area (Å²) in [6.07, 6.45) is 2.98. The summed E-state index contributed by atoms with van der Waals surface area (Å²) < 4.78 is 27.6. The molecule has 0 saturated carbocycles. The van der Waals surface area contributed by atoms with Crippen molar-refractivity contribution in [2.24, 2.45) is 0 Å². The normalized spacial score (nSPS) is 10.3. The number of halogens is 2. The van der Waals surface area contributed by atoms with Crippen LogP contribution in [0.4, 0.5) is 8.78 Å². The molecule has 0 atom stereocenters. The van der Waals surface area contributed by atoms with Gasteiger partial charge in [0.05, 0.1) is 5.56 Å². The van der Waals surface area contributed by atoms with Crippen molar-refractivity contribution < 1.29 is 8.78 Å². The SMILES string of the molecule is Cc1ccc(-c2cnc(-c3ccc(C#N)c(F)c3)nc2)c(F)c1. The molecule has 0 saturated heterocycles. The van der Waals surface area contributed by atoms with Crippen molar-refractivity contribution in [1.82, 2.24) is 9.97 Å². The van der Waals surface area contributed by atoms with Crippen molar-refractivity contribution in [2.75, 3.05) is 0 Å². The molecule has 23 heavy (non-hydrogen) atoms. The summed E-state index contributed by atoms with van der Waals surface area (Å²) in [7, 11) is 0. The fourth-order valence-electron chi connectivity index (χ4n) is 2.22. The average molecular weight is 307 g/mol. The van der Waals surface area contributed by atoms with Gasteiger partial charge in [-0.25, -0.2) is 18.7 Å². The Morgan fingerprint density at radius 3 is 2.26 bits per heavy atom. The smallest absolute Gasteiger partial charge is 0.159 e. The summed E-state index contributed by atoms with van der Waals surface area (Å²) >= 11 is 0. The summed E-state index contributed by atoms with van der Waals surface area (Å²) in [5.41, 5.74) is 2.20. The molecule has 0 aliphatic rings. The third-order valence-corrected chi connectivity index (χ3v) is 3.44. The van der Waals surface area contributed by atoms with E-state index in [1.54, 1.807) is 18.2 Å². The maximum atomic E-state index is 14.0. The van der Waals surface area contributed by atoms with E-state index in [9.17, 15) is 8.78 Å². The highest BCUT2D eigenvalue weighted by Crippen LogP contribution is 2.24. The molecule has 0 N–H and O–H groups in total. The first-order valence-corrected chi connectivity index (χ1v) is 6.87. The number of aryl methyl sites for hydroxylation is 1. The van der Waals surface area contributed by atoms with Crippen LogP contribution >= 0.6 is 0 Å². The van der Waals surface area contributed by atoms with Gasteiger partial charge in [-0.1, -0.05) is 12.1 Å². The average Bonchev–Trinajstić information content (AvgIpc) is 2.55. The van der Waals surface area contributed by atoms with Crippen LogP contribution in [0.25, 0.3) is 22.5 Å². The number of rotatable bonds is 2. The largest absolute Gasteiger partial charge is 0.236 e. The second-order valence-electron chi connectivity index (χ2n) is 5.09. The molecule has 0 spiro atoms. The van der Waals surface area contributed by atoms with E-state index < -0.39 is 5.82 Å². The lowest BCUT2D eigenvalue weighted by Gasteiger charge is -2.05. The summed E-state index contributed by atoms with van der Waals surface area (Å²) in [5.74, 6) is -0.655. The van der Waals surface area contributed by atoms with Crippen LogP contribution in [-0.2, 0) is 0 Å². The van der Waals surface area contributed by atoms with E-state index in [0.29, 0.717) is 22.5 Å². The first-order chi connectivity index (χ1) is 11.1. The minimum absolute atomic E-state index is 0.0351. The van der Waals surface area contributed by atoms with Crippen molar-refractivity contribution >= 4 is 0 Å². The number of hydrogen-bond donors (Lipinski definition) is 0. The van der Waals surface area contributed by atoms with Gasteiger partial charge < -0.3 is 0 Å². The Morgan fingerprint density at radius 2 is 1.65 bits per heavy atom. The van der Waals surface area contributed by atoms with Gasteiger partial charge in [-0.15, -0.1) is 0 Å². The topological polar surface area (TPSA) is 49.6 Å². The lowest BCUT2D eigenvalue weighted by molar-refractivity contribution is 0.624. The Bertz CT molecular complexity index is 913. The van der Waals surface area contributed by atoms with Gasteiger partial charge in [0.1, 0.15) is 17.7 Å². The predicted octanol–water partition coefficient (Wildman–Crippen LogP) is 4.27. The van der Waals surface area contributed by atoms with Gasteiger partial charge >= 0.3 is 0 Å². The zero-order chi connectivity index (χ0) is 16.4. The van der Waals surface area contributed by atoms with Gasteiger partial charge in [0.2, 0.25) is 0 Å². The molecule has 0 aliphatic heterocycles. The van der Waals surface area contributed by atoms with Crippen LogP contribution in [0.3, 0.4) is 0 Å². The van der Waals surface area contributed by atoms with Gasteiger partial charge in [0, 0.05) is 29.1 Å². The molecule has 0 bridgehead atoms. The highest BCUT2D eigenvalue weighted by molar-refractivity contribution is 5.65. The summed E-state index contributed by atoms with van der Waals surface area (Å²) in [5, 5.41) is 8.73. The molecule has 3 rings (SSSR count). The van der Waals surface area contributed by atoms with Crippen molar-refractivity contribution in [3.05, 3.63) is 71.6 Å². The molecule has 0 radical (unpaired) electrons. The van der Waals surface area contributed by atoms with Gasteiger partial charge in [0.15, 0.2) is 5.82 Å². The molecule has 3 nitrogen and oxygen atoms in total. The van der Waals surface area contributed by atoms with E-state index in [2.05, 4.69) is 9.97 Å². The van der Waals surface area contributed by atoms with Crippen LogP contribution in [0, 0.1) is 29.9 Å². The molecular formula is C18H11F2N3. The first-order valence-electron chi connectivity index (χ1n) is 6.87. The Kier molecular flexibility index (Phi) is 3.82. The van der Waals surface area contributed by atoms with Crippen LogP contribution in [0.2, 0.25) is 0 Å². The third-order valence-electron chi connectivity index (χ3n) is 3.44. The summed E-state index contributed by atoms with van der Waals surface area (Å²) in [6, 6.07) is 10.8. The number of benzene rings is 2. The summed E-state index contributed by atoms with van der Waals surface area (Å²) in [6.45, 7) is 1.81. The standard InChI is InChI=1S/C18H11F2N3/c1-11-2-5-15(17(20)6-11)14-9-22-18(23-10-14)12-3-4-13(8-21)16(19)7-12/h2-7,9-10H,1H3. The maximum Gasteiger partial charge on any atom is 0.159 e. The van der Waals surface area contributed by atoms with Crippen LogP contribution < -0.4 is 0 Å². The molecule has 0 unspecified atom stereocenters. The zero-order valence-electron chi connectivity index (χ0n) is 12.2. The van der Waals surface area contributed by atoms with E-state index in [0.717, 1.165) is 5.56 Å². The maximum absolute atomic E-state index is 14.0. The lowest BCUT2D eigenvalue weighted by Crippen LogP contribution is -1.93. The quantitative estimate of drug-likeness (QED) is 0.710. The molecule has 0 fully saturated rings. The molecule has 1 aromatic heterocycles. The van der Waals surface area contributed by atoms with Gasteiger partial charge in [0.25, 0.3) is 0 Å². The van der Waals surface area contributed by atoms with E-state index in [-0.39, 0.29) is 11.4 Å². The van der Waals surface area contributed by atoms with E-state index >= 15 is 0 Å². The molecule has 1 heterocycles. The van der Waals surface area contributed by atoms with Gasteiger partial charge in [-0.3, -0.25) is 0 Å². The highest BCUT2D eigenvalue weighted by atomic mass is 19.1. The second kappa shape index (κ2) is 5.93. The monoisotopic (exact) mass is 307 g/mol. The minimum atomic E-state index is -0.623. The molecule has 5 heteroatoms. The molecule has 112 valence electrons. The molecule has 0 aliphatic carbocycles.